The minimum absolute atomic E-state index is 0.210. The van der Waals surface area contributed by atoms with Gasteiger partial charge in [-0.15, -0.1) is 0 Å². The number of hydrogen-bond acceptors (Lipinski definition) is 5. The number of fused-ring (bicyclic) bond motifs is 1. The van der Waals surface area contributed by atoms with E-state index in [1.165, 1.54) is 0 Å². The van der Waals surface area contributed by atoms with Gasteiger partial charge in [0.15, 0.2) is 0 Å². The number of carbonyl (C=O) groups excluding carboxylic acids is 3. The lowest BCUT2D eigenvalue weighted by Crippen LogP contribution is -2.34. The van der Waals surface area contributed by atoms with Crippen molar-refractivity contribution in [1.29, 1.82) is 0 Å². The summed E-state index contributed by atoms with van der Waals surface area (Å²) >= 11 is 0.849. The maximum Gasteiger partial charge on any atom is 0.326 e. The number of para-hydroxylation sites is 1. The molecule has 1 aromatic carbocycles. The van der Waals surface area contributed by atoms with E-state index < -0.39 is 17.1 Å². The Morgan fingerprint density at radius 3 is 2.73 bits per heavy atom. The second-order valence-electron chi connectivity index (χ2n) is 5.87. The third-order valence-corrected chi connectivity index (χ3v) is 4.94. The smallest absolute Gasteiger partial charge is 0.326 e. The highest BCUT2D eigenvalue weighted by atomic mass is 32.2. The highest BCUT2D eigenvalue weighted by Crippen LogP contribution is 2.34. The number of benzene rings is 1. The Labute approximate surface area is 155 Å². The molecule has 0 radical (unpaired) electrons. The summed E-state index contributed by atoms with van der Waals surface area (Å²) in [5.74, 6) is -1.05. The first kappa shape index (κ1) is 18.3. The predicted molar refractivity (Wildman–Crippen MR) is 102 cm³/mol. The molecule has 7 heteroatoms. The molecule has 1 saturated heterocycles. The van der Waals surface area contributed by atoms with Crippen molar-refractivity contribution in [1.82, 2.24) is 9.47 Å². The van der Waals surface area contributed by atoms with Crippen molar-refractivity contribution in [3.8, 4) is 0 Å². The van der Waals surface area contributed by atoms with Gasteiger partial charge in [0.25, 0.3) is 11.1 Å². The average Bonchev–Trinajstić information content (AvgIpc) is 3.09. The highest BCUT2D eigenvalue weighted by Gasteiger charge is 2.36. The summed E-state index contributed by atoms with van der Waals surface area (Å²) in [6.07, 6.45) is 4.71. The van der Waals surface area contributed by atoms with E-state index >= 15 is 0 Å². The quantitative estimate of drug-likeness (QED) is 0.572. The topological polar surface area (TPSA) is 68.6 Å². The van der Waals surface area contributed by atoms with Gasteiger partial charge in [-0.25, -0.2) is 0 Å². The van der Waals surface area contributed by atoms with Gasteiger partial charge in [-0.05, 0) is 37.2 Å². The Kier molecular flexibility index (Phi) is 5.46. The van der Waals surface area contributed by atoms with E-state index in [1.807, 2.05) is 30.5 Å². The first-order valence-corrected chi connectivity index (χ1v) is 9.35. The van der Waals surface area contributed by atoms with Crippen molar-refractivity contribution >= 4 is 45.9 Å². The first-order valence-electron chi connectivity index (χ1n) is 8.54. The van der Waals surface area contributed by atoms with Crippen molar-refractivity contribution in [3.63, 3.8) is 0 Å². The zero-order valence-electron chi connectivity index (χ0n) is 14.7. The Bertz CT molecular complexity index is 900. The molecule has 0 aliphatic carbocycles. The van der Waals surface area contributed by atoms with Gasteiger partial charge in [-0.2, -0.15) is 0 Å². The number of esters is 1. The highest BCUT2D eigenvalue weighted by molar-refractivity contribution is 8.18. The lowest BCUT2D eigenvalue weighted by atomic mass is 10.1. The molecular formula is C19H20N2O4S. The van der Waals surface area contributed by atoms with Crippen LogP contribution < -0.4 is 0 Å². The van der Waals surface area contributed by atoms with E-state index in [4.69, 9.17) is 4.74 Å². The second kappa shape index (κ2) is 7.78. The summed E-state index contributed by atoms with van der Waals surface area (Å²) in [4.78, 5) is 37.5. The number of hydrogen-bond donors (Lipinski definition) is 0. The summed E-state index contributed by atoms with van der Waals surface area (Å²) in [5.41, 5.74) is 1.97. The summed E-state index contributed by atoms with van der Waals surface area (Å²) in [6.45, 7) is 4.51. The lowest BCUT2D eigenvalue weighted by Gasteiger charge is -2.10. The number of nitrogens with zero attached hydrogens (tertiary/aromatic N) is 2. The Hall–Kier alpha value is -2.54. The Morgan fingerprint density at radius 2 is 2.00 bits per heavy atom. The summed E-state index contributed by atoms with van der Waals surface area (Å²) < 4.78 is 6.97. The van der Waals surface area contributed by atoms with Crippen LogP contribution in [-0.4, -0.2) is 39.7 Å². The monoisotopic (exact) mass is 372 g/mol. The van der Waals surface area contributed by atoms with Crippen LogP contribution in [0.4, 0.5) is 4.79 Å². The third-order valence-electron chi connectivity index (χ3n) is 4.04. The van der Waals surface area contributed by atoms with Crippen LogP contribution in [0.25, 0.3) is 17.0 Å². The van der Waals surface area contributed by atoms with Gasteiger partial charge in [0.2, 0.25) is 0 Å². The van der Waals surface area contributed by atoms with Crippen LogP contribution >= 0.6 is 11.8 Å². The van der Waals surface area contributed by atoms with Crippen molar-refractivity contribution in [2.75, 3.05) is 13.2 Å². The fraction of sp³-hybridized carbons (Fsp3) is 0.316. The number of thioether (sulfide) groups is 1. The van der Waals surface area contributed by atoms with Crippen molar-refractivity contribution in [2.45, 2.75) is 26.8 Å². The number of rotatable bonds is 6. The van der Waals surface area contributed by atoms with E-state index in [0.717, 1.165) is 46.1 Å². The molecule has 6 nitrogen and oxygen atoms in total. The van der Waals surface area contributed by atoms with Gasteiger partial charge in [0.05, 0.1) is 11.5 Å². The number of ether oxygens (including phenoxy) is 1. The molecule has 0 saturated carbocycles. The molecule has 0 N–H and O–H groups in total. The minimum Gasteiger partial charge on any atom is -0.465 e. The molecule has 2 amide bonds. The van der Waals surface area contributed by atoms with Crippen LogP contribution in [0.5, 0.6) is 0 Å². The Balaban J connectivity index is 1.91. The van der Waals surface area contributed by atoms with E-state index in [-0.39, 0.29) is 13.2 Å². The summed E-state index contributed by atoms with van der Waals surface area (Å²) in [7, 11) is 0. The molecule has 1 aromatic heterocycles. The van der Waals surface area contributed by atoms with Gasteiger partial charge >= 0.3 is 5.97 Å². The maximum absolute atomic E-state index is 12.5. The molecule has 0 atom stereocenters. The van der Waals surface area contributed by atoms with Gasteiger partial charge in [0.1, 0.15) is 6.54 Å². The number of aromatic nitrogens is 1. The van der Waals surface area contributed by atoms with Gasteiger partial charge in [-0.1, -0.05) is 25.1 Å². The van der Waals surface area contributed by atoms with Crippen molar-refractivity contribution in [3.05, 3.63) is 40.9 Å². The standard InChI is InChI=1S/C19H20N2O4S/c1-3-9-20-11-13(14-7-5-6-8-15(14)20)10-16-18(23)21(19(24)26-16)12-17(22)25-4-2/h5-8,10-11H,3-4,9,12H2,1-2H3/b16-10-. The van der Waals surface area contributed by atoms with Crippen LogP contribution in [0.2, 0.25) is 0 Å². The Morgan fingerprint density at radius 1 is 1.23 bits per heavy atom. The number of carbonyl (C=O) groups is 3. The zero-order chi connectivity index (χ0) is 18.7. The molecule has 3 rings (SSSR count). The number of amides is 2. The molecule has 1 fully saturated rings. The zero-order valence-corrected chi connectivity index (χ0v) is 15.5. The molecule has 0 spiro atoms. The van der Waals surface area contributed by atoms with Crippen LogP contribution in [0.15, 0.2) is 35.4 Å². The normalized spacial score (nSPS) is 16.1. The van der Waals surface area contributed by atoms with Crippen molar-refractivity contribution < 1.29 is 19.1 Å². The van der Waals surface area contributed by atoms with Gasteiger partial charge in [0, 0.05) is 29.2 Å². The maximum atomic E-state index is 12.5. The van der Waals surface area contributed by atoms with E-state index in [9.17, 15) is 14.4 Å². The molecule has 1 aliphatic heterocycles. The fourth-order valence-electron chi connectivity index (χ4n) is 2.93. The van der Waals surface area contributed by atoms with Crippen LogP contribution in [0.1, 0.15) is 25.8 Å². The molecule has 26 heavy (non-hydrogen) atoms. The van der Waals surface area contributed by atoms with Crippen LogP contribution in [-0.2, 0) is 20.9 Å². The molecular weight excluding hydrogens is 352 g/mol. The van der Waals surface area contributed by atoms with E-state index in [0.29, 0.717) is 4.91 Å². The molecule has 136 valence electrons. The van der Waals surface area contributed by atoms with Crippen molar-refractivity contribution in [2.24, 2.45) is 0 Å². The van der Waals surface area contributed by atoms with E-state index in [2.05, 4.69) is 11.5 Å². The van der Waals surface area contributed by atoms with Crippen LogP contribution in [0.3, 0.4) is 0 Å². The fourth-order valence-corrected chi connectivity index (χ4v) is 3.76. The molecule has 2 aromatic rings. The molecule has 0 bridgehead atoms. The second-order valence-corrected chi connectivity index (χ2v) is 6.86. The summed E-state index contributed by atoms with van der Waals surface area (Å²) in [5, 5.41) is 0.574. The van der Waals surface area contributed by atoms with Gasteiger partial charge < -0.3 is 9.30 Å². The van der Waals surface area contributed by atoms with Gasteiger partial charge in [-0.3, -0.25) is 19.3 Å². The molecule has 0 unspecified atom stereocenters. The average molecular weight is 372 g/mol. The minimum atomic E-state index is -0.587. The van der Waals surface area contributed by atoms with E-state index in [1.54, 1.807) is 13.0 Å². The lowest BCUT2D eigenvalue weighted by molar-refractivity contribution is -0.145. The largest absolute Gasteiger partial charge is 0.465 e. The SMILES string of the molecule is CCCn1cc(/C=C2\SC(=O)N(CC(=O)OCC)C2=O)c2ccccc21. The molecule has 2 heterocycles. The number of imide groups is 1. The van der Waals surface area contributed by atoms with Crippen LogP contribution in [0, 0.1) is 0 Å². The molecule has 1 aliphatic rings. The summed E-state index contributed by atoms with van der Waals surface area (Å²) in [6, 6.07) is 7.96. The predicted octanol–water partition coefficient (Wildman–Crippen LogP) is 3.65. The first-order chi connectivity index (χ1) is 12.5. The third kappa shape index (κ3) is 3.53. The number of aryl methyl sites for hydroxylation is 1.